The second kappa shape index (κ2) is 4.78. The lowest BCUT2D eigenvalue weighted by molar-refractivity contribution is 0.199. The lowest BCUT2D eigenvalue weighted by atomic mass is 10.1. The van der Waals surface area contributed by atoms with Crippen LogP contribution in [0.1, 0.15) is 24.8 Å². The fraction of sp³-hybridized carbons (Fsp3) is 0.455. The summed E-state index contributed by atoms with van der Waals surface area (Å²) in [6.07, 6.45) is 0. The van der Waals surface area contributed by atoms with Crippen molar-refractivity contribution in [2.24, 2.45) is 5.92 Å². The smallest absolute Gasteiger partial charge is 0.309 e. The molecule has 92 valence electrons. The first-order valence-electron chi connectivity index (χ1n) is 5.40. The van der Waals surface area contributed by atoms with Gasteiger partial charge in [-0.1, -0.05) is 13.8 Å². The molecule has 17 heavy (non-hydrogen) atoms. The largest absolute Gasteiger partial charge is 0.323 e. The van der Waals surface area contributed by atoms with Crippen LogP contribution < -0.4 is 5.32 Å². The van der Waals surface area contributed by atoms with Crippen LogP contribution in [-0.2, 0) is 0 Å². The van der Waals surface area contributed by atoms with Gasteiger partial charge in [-0.25, -0.2) is 4.79 Å². The first kappa shape index (κ1) is 12.6. The molecule has 1 aromatic heterocycles. The molecule has 0 saturated carbocycles. The van der Waals surface area contributed by atoms with Crippen LogP contribution in [0.5, 0.6) is 0 Å². The molecular weight excluding hydrogens is 302 g/mol. The molecule has 0 bridgehead atoms. The molecule has 1 saturated heterocycles. The molecule has 1 fully saturated rings. The molecule has 1 aliphatic heterocycles. The van der Waals surface area contributed by atoms with Gasteiger partial charge in [0.15, 0.2) is 0 Å². The van der Waals surface area contributed by atoms with Crippen molar-refractivity contribution in [3.8, 4) is 0 Å². The fourth-order valence-electron chi connectivity index (χ4n) is 1.88. The van der Waals surface area contributed by atoms with Gasteiger partial charge in [-0.15, -0.1) is 11.3 Å². The third kappa shape index (κ3) is 2.52. The minimum atomic E-state index is -0.249. The molecule has 1 aliphatic rings. The Bertz CT molecular complexity index is 457. The highest BCUT2D eigenvalue weighted by Gasteiger charge is 2.37. The van der Waals surface area contributed by atoms with Gasteiger partial charge in [0.2, 0.25) is 0 Å². The van der Waals surface area contributed by atoms with Crippen molar-refractivity contribution in [2.75, 3.05) is 6.54 Å². The number of nitrogens with zero attached hydrogens (tertiary/aromatic N) is 1. The zero-order valence-electron chi connectivity index (χ0n) is 9.66. The topological polar surface area (TPSA) is 56.2 Å². The van der Waals surface area contributed by atoms with E-state index < -0.39 is 0 Å². The summed E-state index contributed by atoms with van der Waals surface area (Å²) in [4.78, 5) is 14.5. The Morgan fingerprint density at radius 2 is 2.29 bits per heavy atom. The summed E-state index contributed by atoms with van der Waals surface area (Å²) in [6, 6.07) is 3.49. The number of nitrogens with one attached hydrogen (secondary N) is 2. The third-order valence-corrected chi connectivity index (χ3v) is 4.19. The molecule has 2 N–H and O–H groups in total. The number of carbonyl (C=O) groups excluding carboxylic acids is 1. The average molecular weight is 316 g/mol. The first-order valence-corrected chi connectivity index (χ1v) is 7.01. The second-order valence-electron chi connectivity index (χ2n) is 4.43. The normalized spacial score (nSPS) is 20.2. The number of hydrogen-bond acceptors (Lipinski definition) is 3. The number of rotatable bonds is 3. The Morgan fingerprint density at radius 1 is 1.59 bits per heavy atom. The van der Waals surface area contributed by atoms with Crippen LogP contribution in [0, 0.1) is 11.3 Å². The minimum absolute atomic E-state index is 0.168. The Morgan fingerprint density at radius 3 is 2.82 bits per heavy atom. The van der Waals surface area contributed by atoms with Crippen molar-refractivity contribution in [3.05, 3.63) is 20.8 Å². The molecule has 2 amide bonds. The number of carbonyl (C=O) groups is 1. The third-order valence-electron chi connectivity index (χ3n) is 2.51. The highest BCUT2D eigenvalue weighted by atomic mass is 79.9. The van der Waals surface area contributed by atoms with Gasteiger partial charge in [0.25, 0.3) is 0 Å². The van der Waals surface area contributed by atoms with Crippen molar-refractivity contribution in [3.63, 3.8) is 0 Å². The Labute approximate surface area is 113 Å². The van der Waals surface area contributed by atoms with Crippen molar-refractivity contribution in [2.45, 2.75) is 19.9 Å². The molecule has 0 aromatic carbocycles. The molecule has 1 unspecified atom stereocenters. The van der Waals surface area contributed by atoms with Gasteiger partial charge in [0.1, 0.15) is 11.9 Å². The molecule has 4 nitrogen and oxygen atoms in total. The molecular formula is C11H14BrN3OS. The molecule has 6 heteroatoms. The van der Waals surface area contributed by atoms with E-state index in [1.165, 1.54) is 0 Å². The summed E-state index contributed by atoms with van der Waals surface area (Å²) in [5, 5.41) is 10.5. The molecule has 1 aromatic rings. The van der Waals surface area contributed by atoms with Gasteiger partial charge in [-0.3, -0.25) is 10.7 Å². The van der Waals surface area contributed by atoms with Crippen molar-refractivity contribution >= 4 is 39.1 Å². The van der Waals surface area contributed by atoms with E-state index >= 15 is 0 Å². The molecule has 1 atom stereocenters. The monoisotopic (exact) mass is 315 g/mol. The maximum atomic E-state index is 11.8. The minimum Gasteiger partial charge on any atom is -0.309 e. The fourth-order valence-corrected chi connectivity index (χ4v) is 3.43. The van der Waals surface area contributed by atoms with Crippen molar-refractivity contribution in [1.82, 2.24) is 10.2 Å². The Hall–Kier alpha value is -0.880. The number of thiophene rings is 1. The molecule has 0 spiro atoms. The van der Waals surface area contributed by atoms with Crippen LogP contribution in [0.3, 0.4) is 0 Å². The lowest BCUT2D eigenvalue weighted by Gasteiger charge is -2.23. The highest BCUT2D eigenvalue weighted by molar-refractivity contribution is 9.11. The summed E-state index contributed by atoms with van der Waals surface area (Å²) in [5.41, 5.74) is 0. The van der Waals surface area contributed by atoms with E-state index in [2.05, 4.69) is 35.1 Å². The standard InChI is InChI=1S/C11H14BrN3OS/c1-6(2)5-15-9(10(13)14-11(15)16)7-3-4-8(12)17-7/h3-4,6,9H,5H2,1-2H3,(H2,13,14,16). The van der Waals surface area contributed by atoms with E-state index in [0.717, 1.165) is 8.66 Å². The van der Waals surface area contributed by atoms with E-state index in [-0.39, 0.29) is 17.9 Å². The van der Waals surface area contributed by atoms with Gasteiger partial charge in [-0.2, -0.15) is 0 Å². The van der Waals surface area contributed by atoms with Gasteiger partial charge in [-0.05, 0) is 34.0 Å². The van der Waals surface area contributed by atoms with Crippen LogP contribution >= 0.6 is 27.3 Å². The van der Waals surface area contributed by atoms with E-state index in [0.29, 0.717) is 12.5 Å². The number of hydrogen-bond donors (Lipinski definition) is 2. The molecule has 2 heterocycles. The van der Waals surface area contributed by atoms with Crippen molar-refractivity contribution in [1.29, 1.82) is 5.41 Å². The molecule has 0 aliphatic carbocycles. The summed E-state index contributed by atoms with van der Waals surface area (Å²) in [5.74, 6) is 0.655. The van der Waals surface area contributed by atoms with Gasteiger partial charge < -0.3 is 4.90 Å². The van der Waals surface area contributed by atoms with Crippen LogP contribution in [0.25, 0.3) is 0 Å². The Kier molecular flexibility index (Phi) is 3.53. The summed E-state index contributed by atoms with van der Waals surface area (Å²) in [7, 11) is 0. The Balaban J connectivity index is 2.29. The van der Waals surface area contributed by atoms with Gasteiger partial charge in [0, 0.05) is 11.4 Å². The average Bonchev–Trinajstić information content (AvgIpc) is 2.72. The van der Waals surface area contributed by atoms with Crippen LogP contribution in [0.2, 0.25) is 0 Å². The maximum Gasteiger partial charge on any atom is 0.323 e. The van der Waals surface area contributed by atoms with E-state index in [4.69, 9.17) is 5.41 Å². The van der Waals surface area contributed by atoms with Gasteiger partial charge in [0.05, 0.1) is 3.79 Å². The first-order chi connectivity index (χ1) is 7.99. The zero-order chi connectivity index (χ0) is 12.6. The predicted octanol–water partition coefficient (Wildman–Crippen LogP) is 3.21. The van der Waals surface area contributed by atoms with Gasteiger partial charge >= 0.3 is 6.03 Å². The van der Waals surface area contributed by atoms with Crippen LogP contribution in [-0.4, -0.2) is 23.3 Å². The summed E-state index contributed by atoms with van der Waals surface area (Å²) >= 11 is 4.97. The second-order valence-corrected chi connectivity index (χ2v) is 6.93. The molecule has 0 radical (unpaired) electrons. The highest BCUT2D eigenvalue weighted by Crippen LogP contribution is 2.33. The maximum absolute atomic E-state index is 11.8. The number of urea groups is 1. The number of amidine groups is 1. The quantitative estimate of drug-likeness (QED) is 0.884. The lowest BCUT2D eigenvalue weighted by Crippen LogP contribution is -2.32. The SMILES string of the molecule is CC(C)CN1C(=O)NC(=N)C1c1ccc(Br)s1. The van der Waals surface area contributed by atoms with Crippen LogP contribution in [0.15, 0.2) is 15.9 Å². The van der Waals surface area contributed by atoms with E-state index in [9.17, 15) is 4.79 Å². The summed E-state index contributed by atoms with van der Waals surface area (Å²) in [6.45, 7) is 4.79. The summed E-state index contributed by atoms with van der Waals surface area (Å²) < 4.78 is 1.02. The van der Waals surface area contributed by atoms with Crippen LogP contribution in [0.4, 0.5) is 4.79 Å². The number of amides is 2. The van der Waals surface area contributed by atoms with E-state index in [1.807, 2.05) is 12.1 Å². The number of halogens is 1. The molecule has 2 rings (SSSR count). The zero-order valence-corrected chi connectivity index (χ0v) is 12.1. The van der Waals surface area contributed by atoms with Crippen molar-refractivity contribution < 1.29 is 4.79 Å². The van der Waals surface area contributed by atoms with E-state index in [1.54, 1.807) is 16.2 Å². The predicted molar refractivity (Wildman–Crippen MR) is 72.6 cm³/mol.